The Kier molecular flexibility index (Phi) is 3.61. The number of benzene rings is 2. The zero-order valence-corrected chi connectivity index (χ0v) is 13.9. The molecular formula is C19H17NOSe. The summed E-state index contributed by atoms with van der Waals surface area (Å²) in [6.07, 6.45) is 1.06. The van der Waals surface area contributed by atoms with Crippen molar-refractivity contribution in [1.82, 2.24) is 4.90 Å². The van der Waals surface area contributed by atoms with Crippen molar-refractivity contribution in [3.63, 3.8) is 0 Å². The quantitative estimate of drug-likeness (QED) is 0.773. The third kappa shape index (κ3) is 2.63. The summed E-state index contributed by atoms with van der Waals surface area (Å²) in [5.41, 5.74) is 2.47. The summed E-state index contributed by atoms with van der Waals surface area (Å²) < 4.78 is 1.36. The summed E-state index contributed by atoms with van der Waals surface area (Å²) in [6, 6.07) is 20.8. The second-order valence-corrected chi connectivity index (χ2v) is 7.81. The first kappa shape index (κ1) is 13.8. The number of rotatable bonds is 4. The molecular weight excluding hydrogens is 337 g/mol. The van der Waals surface area contributed by atoms with Crippen LogP contribution < -0.4 is 4.46 Å². The SMILES string of the molecule is O=C1[C@@H]2C[C@@H]2/C(=C\[Se]c2ccccc2)N1Cc1ccccc1. The number of hydrogen-bond donors (Lipinski definition) is 0. The van der Waals surface area contributed by atoms with E-state index in [0.29, 0.717) is 33.3 Å². The van der Waals surface area contributed by atoms with Crippen LogP contribution in [0.1, 0.15) is 12.0 Å². The number of allylic oxidation sites excluding steroid dienone is 1. The van der Waals surface area contributed by atoms with Crippen molar-refractivity contribution < 1.29 is 4.79 Å². The van der Waals surface area contributed by atoms with Crippen LogP contribution in [0, 0.1) is 11.8 Å². The van der Waals surface area contributed by atoms with Gasteiger partial charge in [0.15, 0.2) is 0 Å². The molecule has 4 rings (SSSR count). The van der Waals surface area contributed by atoms with Crippen LogP contribution in [0.25, 0.3) is 0 Å². The van der Waals surface area contributed by atoms with E-state index in [1.165, 1.54) is 15.7 Å². The zero-order chi connectivity index (χ0) is 14.9. The Bertz CT molecular complexity index is 711. The van der Waals surface area contributed by atoms with E-state index < -0.39 is 0 Å². The summed E-state index contributed by atoms with van der Waals surface area (Å²) >= 11 is 0.295. The Hall–Kier alpha value is -1.83. The average Bonchev–Trinajstić information content (AvgIpc) is 3.31. The van der Waals surface area contributed by atoms with E-state index >= 15 is 0 Å². The van der Waals surface area contributed by atoms with Gasteiger partial charge in [0.25, 0.3) is 0 Å². The molecule has 0 bridgehead atoms. The molecule has 0 N–H and O–H groups in total. The number of piperidine rings is 1. The standard InChI is InChI=1S/C19H17NOSe/c21-19-17-11-16(17)18(13-22-15-9-5-2-6-10-15)20(19)12-14-7-3-1-4-8-14/h1-10,13,16-17H,11-12H2/b18-13+/t16-,17+/m0/s1. The van der Waals surface area contributed by atoms with Crippen LogP contribution in [0.5, 0.6) is 0 Å². The van der Waals surface area contributed by atoms with Gasteiger partial charge in [-0.1, -0.05) is 0 Å². The number of carbonyl (C=O) groups excluding carboxylic acids is 1. The molecule has 2 aromatic rings. The van der Waals surface area contributed by atoms with Gasteiger partial charge >= 0.3 is 137 Å². The van der Waals surface area contributed by atoms with Crippen LogP contribution in [-0.4, -0.2) is 25.8 Å². The van der Waals surface area contributed by atoms with Crippen LogP contribution >= 0.6 is 0 Å². The third-order valence-corrected chi connectivity index (χ3v) is 6.20. The van der Waals surface area contributed by atoms with Gasteiger partial charge in [-0.05, 0) is 0 Å². The number of hydrogen-bond acceptors (Lipinski definition) is 1. The van der Waals surface area contributed by atoms with Gasteiger partial charge in [-0.25, -0.2) is 0 Å². The van der Waals surface area contributed by atoms with E-state index in [1.807, 2.05) is 29.2 Å². The summed E-state index contributed by atoms with van der Waals surface area (Å²) in [6.45, 7) is 0.712. The molecule has 0 spiro atoms. The second kappa shape index (κ2) is 5.75. The molecule has 1 saturated heterocycles. The molecule has 2 atom stereocenters. The van der Waals surface area contributed by atoms with Gasteiger partial charge in [-0.15, -0.1) is 0 Å². The molecule has 0 aromatic heterocycles. The van der Waals surface area contributed by atoms with Gasteiger partial charge in [0, 0.05) is 0 Å². The van der Waals surface area contributed by atoms with Gasteiger partial charge in [0.05, 0.1) is 0 Å². The van der Waals surface area contributed by atoms with Crippen LogP contribution in [0.4, 0.5) is 0 Å². The number of amides is 1. The first-order valence-electron chi connectivity index (χ1n) is 7.60. The maximum absolute atomic E-state index is 12.5. The molecule has 1 saturated carbocycles. The van der Waals surface area contributed by atoms with Crippen molar-refractivity contribution in [2.75, 3.05) is 0 Å². The number of fused-ring (bicyclic) bond motifs is 1. The van der Waals surface area contributed by atoms with Gasteiger partial charge < -0.3 is 0 Å². The van der Waals surface area contributed by atoms with E-state index in [2.05, 4.69) is 41.4 Å². The minimum atomic E-state index is 0.265. The molecule has 1 aliphatic carbocycles. The topological polar surface area (TPSA) is 20.3 Å². The van der Waals surface area contributed by atoms with Crippen LogP contribution in [-0.2, 0) is 11.3 Å². The molecule has 2 aromatic carbocycles. The third-order valence-electron chi connectivity index (χ3n) is 4.31. The first-order valence-corrected chi connectivity index (χ1v) is 9.44. The molecule has 1 heterocycles. The molecule has 1 amide bonds. The fraction of sp³-hybridized carbons (Fsp3) is 0.211. The van der Waals surface area contributed by atoms with Crippen LogP contribution in [0.3, 0.4) is 0 Å². The predicted octanol–water partition coefficient (Wildman–Crippen LogP) is 2.54. The molecule has 2 fully saturated rings. The Morgan fingerprint density at radius 3 is 2.41 bits per heavy atom. The van der Waals surface area contributed by atoms with E-state index in [1.54, 1.807) is 0 Å². The monoisotopic (exact) mass is 355 g/mol. The first-order chi connectivity index (χ1) is 10.8. The summed E-state index contributed by atoms with van der Waals surface area (Å²) in [4.78, 5) is 16.8. The number of nitrogens with zero attached hydrogens (tertiary/aromatic N) is 1. The fourth-order valence-electron chi connectivity index (χ4n) is 3.04. The Morgan fingerprint density at radius 1 is 1.00 bits per heavy atom. The van der Waals surface area contributed by atoms with Crippen molar-refractivity contribution in [3.05, 3.63) is 76.9 Å². The summed E-state index contributed by atoms with van der Waals surface area (Å²) in [7, 11) is 0. The molecule has 22 heavy (non-hydrogen) atoms. The summed E-state index contributed by atoms with van der Waals surface area (Å²) in [5, 5.41) is 0. The van der Waals surface area contributed by atoms with E-state index in [-0.39, 0.29) is 5.92 Å². The Balaban J connectivity index is 1.55. The van der Waals surface area contributed by atoms with Gasteiger partial charge in [-0.2, -0.15) is 0 Å². The van der Waals surface area contributed by atoms with Crippen molar-refractivity contribution in [2.24, 2.45) is 11.8 Å². The van der Waals surface area contributed by atoms with E-state index in [0.717, 1.165) is 6.42 Å². The Morgan fingerprint density at radius 2 is 1.68 bits per heavy atom. The number of carbonyl (C=O) groups is 1. The van der Waals surface area contributed by atoms with Crippen molar-refractivity contribution in [1.29, 1.82) is 0 Å². The second-order valence-electron chi connectivity index (χ2n) is 5.83. The summed E-state index contributed by atoms with van der Waals surface area (Å²) in [5.74, 6) is 1.08. The van der Waals surface area contributed by atoms with Gasteiger partial charge in [0.2, 0.25) is 0 Å². The maximum atomic E-state index is 12.5. The van der Waals surface area contributed by atoms with Gasteiger partial charge in [0.1, 0.15) is 0 Å². The van der Waals surface area contributed by atoms with E-state index in [9.17, 15) is 4.79 Å². The zero-order valence-electron chi connectivity index (χ0n) is 12.2. The van der Waals surface area contributed by atoms with Crippen molar-refractivity contribution in [2.45, 2.75) is 13.0 Å². The molecule has 2 nitrogen and oxygen atoms in total. The molecule has 2 aliphatic rings. The van der Waals surface area contributed by atoms with Crippen molar-refractivity contribution >= 4 is 25.3 Å². The fourth-order valence-corrected chi connectivity index (χ4v) is 4.87. The van der Waals surface area contributed by atoms with E-state index in [4.69, 9.17) is 0 Å². The predicted molar refractivity (Wildman–Crippen MR) is 88.5 cm³/mol. The van der Waals surface area contributed by atoms with Gasteiger partial charge in [-0.3, -0.25) is 0 Å². The van der Waals surface area contributed by atoms with Crippen LogP contribution in [0.15, 0.2) is 71.3 Å². The molecule has 1 aliphatic heterocycles. The molecule has 0 radical (unpaired) electrons. The number of likely N-dealkylation sites (tertiary alicyclic amines) is 1. The normalized spacial score (nSPS) is 24.6. The van der Waals surface area contributed by atoms with Crippen LogP contribution in [0.2, 0.25) is 0 Å². The molecule has 3 heteroatoms. The average molecular weight is 354 g/mol. The molecule has 110 valence electrons. The Labute approximate surface area is 137 Å². The minimum absolute atomic E-state index is 0.265. The van der Waals surface area contributed by atoms with Crippen molar-refractivity contribution in [3.8, 4) is 0 Å². The molecule has 0 unspecified atom stereocenters.